The summed E-state index contributed by atoms with van der Waals surface area (Å²) in [5.74, 6) is 1.29. The number of ether oxygens (including phenoxy) is 1. The monoisotopic (exact) mass is 530 g/mol. The number of nitrogens with one attached hydrogen (secondary N) is 1. The zero-order valence-electron chi connectivity index (χ0n) is 20.1. The van der Waals surface area contributed by atoms with Crippen LogP contribution < -0.4 is 15.1 Å². The number of carbonyl (C=O) groups excluding carboxylic acids is 1. The van der Waals surface area contributed by atoms with Crippen molar-refractivity contribution in [3.05, 3.63) is 78.9 Å². The van der Waals surface area contributed by atoms with Crippen molar-refractivity contribution in [1.29, 1.82) is 0 Å². The van der Waals surface area contributed by atoms with Gasteiger partial charge >= 0.3 is 0 Å². The summed E-state index contributed by atoms with van der Waals surface area (Å²) >= 11 is 3.14. The highest BCUT2D eigenvalue weighted by atomic mass is 32.2. The second-order valence-corrected chi connectivity index (χ2v) is 10.9. The van der Waals surface area contributed by atoms with Crippen molar-refractivity contribution >= 4 is 52.7 Å². The molecule has 188 valence electrons. The fraction of sp³-hybridized carbons (Fsp3) is 0.259. The van der Waals surface area contributed by atoms with Gasteiger partial charge in [0.15, 0.2) is 5.16 Å². The molecule has 0 unspecified atom stereocenters. The quantitative estimate of drug-likeness (QED) is 0.462. The minimum Gasteiger partial charge on any atom is -0.378 e. The molecule has 3 aromatic rings. The molecule has 3 heterocycles. The average Bonchev–Trinajstić information content (AvgIpc) is 2.95. The van der Waals surface area contributed by atoms with Crippen LogP contribution >= 0.6 is 23.5 Å². The van der Waals surface area contributed by atoms with Gasteiger partial charge in [-0.05, 0) is 24.3 Å². The maximum atomic E-state index is 13.7. The topological polar surface area (TPSA) is 83.5 Å². The van der Waals surface area contributed by atoms with Gasteiger partial charge in [0, 0.05) is 23.7 Å². The maximum absolute atomic E-state index is 13.7. The lowest BCUT2D eigenvalue weighted by Gasteiger charge is -2.40. The molecule has 0 saturated carbocycles. The molecule has 3 aliphatic rings. The zero-order chi connectivity index (χ0) is 25.0. The standard InChI is InChI=1S/C27H26N6O2S2/c34-24(33-20-10-4-6-12-22(20)37-23-13-7-5-11-21(23)33)18-36-27-30-25(28-19-8-2-1-3-9-19)29-26(31-27)32-14-16-35-17-15-32/h1-13,20,22H,14-18H2,(H,28,29,30,31)/t20-,22-/m1/s1. The van der Waals surface area contributed by atoms with E-state index >= 15 is 0 Å². The largest absolute Gasteiger partial charge is 0.378 e. The molecule has 1 saturated heterocycles. The Morgan fingerprint density at radius 3 is 2.65 bits per heavy atom. The number of hydrogen-bond donors (Lipinski definition) is 1. The fourth-order valence-corrected chi connectivity index (χ4v) is 6.45. The molecule has 10 heteroatoms. The zero-order valence-corrected chi connectivity index (χ0v) is 21.7. The first-order valence-corrected chi connectivity index (χ1v) is 14.1. The number of para-hydroxylation sites is 2. The van der Waals surface area contributed by atoms with Crippen molar-refractivity contribution in [2.24, 2.45) is 0 Å². The van der Waals surface area contributed by atoms with Crippen LogP contribution in [0.2, 0.25) is 0 Å². The van der Waals surface area contributed by atoms with Gasteiger partial charge in [0.2, 0.25) is 17.8 Å². The van der Waals surface area contributed by atoms with Crippen LogP contribution in [0.25, 0.3) is 0 Å². The Kier molecular flexibility index (Phi) is 7.11. The third kappa shape index (κ3) is 5.36. The Hall–Kier alpha value is -3.34. The van der Waals surface area contributed by atoms with E-state index in [0.29, 0.717) is 43.4 Å². The van der Waals surface area contributed by atoms with Gasteiger partial charge in [0.25, 0.3) is 0 Å². The SMILES string of the molecule is O=C(CSc1nc(Nc2ccccc2)nc(N2CCOCC2)n1)N1c2ccccc2S[C@@H]2C=CC=C[C@H]21. The second kappa shape index (κ2) is 11.0. The van der Waals surface area contributed by atoms with Crippen molar-refractivity contribution in [2.75, 3.05) is 47.2 Å². The number of allylic oxidation sites excluding steroid dienone is 2. The van der Waals surface area contributed by atoms with Crippen LogP contribution in [-0.2, 0) is 9.53 Å². The summed E-state index contributed by atoms with van der Waals surface area (Å²) in [6, 6.07) is 17.9. The number of benzene rings is 2. The fourth-order valence-electron chi connectivity index (χ4n) is 4.50. The molecule has 37 heavy (non-hydrogen) atoms. The molecule has 0 bridgehead atoms. The Bertz CT molecular complexity index is 1330. The highest BCUT2D eigenvalue weighted by molar-refractivity contribution is 8.00. The van der Waals surface area contributed by atoms with Crippen LogP contribution in [0.1, 0.15) is 0 Å². The van der Waals surface area contributed by atoms with Crippen LogP contribution in [0.3, 0.4) is 0 Å². The number of rotatable bonds is 6. The molecule has 1 N–H and O–H groups in total. The van der Waals surface area contributed by atoms with E-state index in [1.165, 1.54) is 11.8 Å². The molecule has 2 aliphatic heterocycles. The molecule has 1 amide bonds. The van der Waals surface area contributed by atoms with Crippen molar-refractivity contribution < 1.29 is 9.53 Å². The highest BCUT2D eigenvalue weighted by Crippen LogP contribution is 2.43. The number of nitrogens with zero attached hydrogens (tertiary/aromatic N) is 5. The minimum atomic E-state index is -0.0180. The summed E-state index contributed by atoms with van der Waals surface area (Å²) in [6.45, 7) is 2.68. The summed E-state index contributed by atoms with van der Waals surface area (Å²) < 4.78 is 5.50. The first-order valence-electron chi connectivity index (χ1n) is 12.2. The first kappa shape index (κ1) is 24.0. The summed E-state index contributed by atoms with van der Waals surface area (Å²) in [4.78, 5) is 32.8. The first-order chi connectivity index (χ1) is 18.2. The third-order valence-corrected chi connectivity index (χ3v) is 8.40. The molecule has 1 fully saturated rings. The van der Waals surface area contributed by atoms with E-state index in [4.69, 9.17) is 9.72 Å². The van der Waals surface area contributed by atoms with Crippen molar-refractivity contribution in [3.63, 3.8) is 0 Å². The van der Waals surface area contributed by atoms with E-state index in [9.17, 15) is 4.79 Å². The summed E-state index contributed by atoms with van der Waals surface area (Å²) in [7, 11) is 0. The van der Waals surface area contributed by atoms with Crippen LogP contribution in [0.5, 0.6) is 0 Å². The van der Waals surface area contributed by atoms with Gasteiger partial charge in [-0.3, -0.25) is 4.79 Å². The number of morpholine rings is 1. The van der Waals surface area contributed by atoms with Crippen molar-refractivity contribution in [3.8, 4) is 0 Å². The van der Waals surface area contributed by atoms with Crippen LogP contribution in [0.15, 0.2) is 89.0 Å². The Morgan fingerprint density at radius 2 is 1.78 bits per heavy atom. The van der Waals surface area contributed by atoms with E-state index in [2.05, 4.69) is 44.5 Å². The van der Waals surface area contributed by atoms with Gasteiger partial charge in [-0.15, -0.1) is 11.8 Å². The van der Waals surface area contributed by atoms with E-state index < -0.39 is 0 Å². The minimum absolute atomic E-state index is 0.0180. The van der Waals surface area contributed by atoms with E-state index in [-0.39, 0.29) is 23.0 Å². The van der Waals surface area contributed by atoms with E-state index in [0.717, 1.165) is 16.3 Å². The summed E-state index contributed by atoms with van der Waals surface area (Å²) in [6.07, 6.45) is 8.35. The highest BCUT2D eigenvalue weighted by Gasteiger charge is 2.36. The Labute approximate surface area is 224 Å². The molecule has 2 atom stereocenters. The van der Waals surface area contributed by atoms with Gasteiger partial charge in [0.05, 0.1) is 35.9 Å². The maximum Gasteiger partial charge on any atom is 0.238 e. The average molecular weight is 531 g/mol. The van der Waals surface area contributed by atoms with Crippen LogP contribution in [0, 0.1) is 0 Å². The van der Waals surface area contributed by atoms with Gasteiger partial charge in [-0.25, -0.2) is 0 Å². The number of anilines is 4. The van der Waals surface area contributed by atoms with Gasteiger partial charge in [0.1, 0.15) is 0 Å². The lowest BCUT2D eigenvalue weighted by molar-refractivity contribution is -0.116. The van der Waals surface area contributed by atoms with Gasteiger partial charge in [-0.1, -0.05) is 66.4 Å². The van der Waals surface area contributed by atoms with Gasteiger partial charge in [-0.2, -0.15) is 15.0 Å². The molecule has 2 aromatic carbocycles. The van der Waals surface area contributed by atoms with Crippen molar-refractivity contribution in [1.82, 2.24) is 15.0 Å². The molecule has 1 aliphatic carbocycles. The molecule has 1 aromatic heterocycles. The lowest BCUT2D eigenvalue weighted by atomic mass is 10.0. The number of thioether (sulfide) groups is 2. The number of aromatic nitrogens is 3. The number of hydrogen-bond acceptors (Lipinski definition) is 9. The number of amides is 1. The van der Waals surface area contributed by atoms with Crippen molar-refractivity contribution in [2.45, 2.75) is 21.3 Å². The summed E-state index contributed by atoms with van der Waals surface area (Å²) in [5, 5.41) is 3.98. The predicted molar refractivity (Wildman–Crippen MR) is 149 cm³/mol. The molecule has 8 nitrogen and oxygen atoms in total. The molecule has 0 spiro atoms. The Balaban J connectivity index is 1.25. The summed E-state index contributed by atoms with van der Waals surface area (Å²) in [5.41, 5.74) is 1.84. The third-order valence-electron chi connectivity index (χ3n) is 6.26. The predicted octanol–water partition coefficient (Wildman–Crippen LogP) is 4.55. The van der Waals surface area contributed by atoms with Gasteiger partial charge < -0.3 is 19.9 Å². The number of carbonyl (C=O) groups is 1. The molecular weight excluding hydrogens is 504 g/mol. The Morgan fingerprint density at radius 1 is 1.00 bits per heavy atom. The second-order valence-electron chi connectivity index (χ2n) is 8.70. The van der Waals surface area contributed by atoms with E-state index in [1.54, 1.807) is 11.8 Å². The van der Waals surface area contributed by atoms with Crippen LogP contribution in [0.4, 0.5) is 23.3 Å². The number of fused-ring (bicyclic) bond motifs is 2. The molecular formula is C27H26N6O2S2. The smallest absolute Gasteiger partial charge is 0.238 e. The molecule has 6 rings (SSSR count). The normalized spacial score (nSPS) is 20.3. The van der Waals surface area contributed by atoms with E-state index in [1.807, 2.05) is 59.5 Å². The lowest BCUT2D eigenvalue weighted by Crippen LogP contribution is -2.48. The molecule has 0 radical (unpaired) electrons. The van der Waals surface area contributed by atoms with Crippen LogP contribution in [-0.4, -0.2) is 64.2 Å².